The molecule has 0 unspecified atom stereocenters. The van der Waals surface area contributed by atoms with Gasteiger partial charge >= 0.3 is 0 Å². The fourth-order valence-electron chi connectivity index (χ4n) is 1.11. The van der Waals surface area contributed by atoms with Crippen LogP contribution in [0, 0.1) is 27.7 Å². The maximum Gasteiger partial charge on any atom is 0.00170 e. The molecule has 0 aliphatic carbocycles. The van der Waals surface area contributed by atoms with E-state index in [9.17, 15) is 0 Å². The Balaban J connectivity index is 0.000000244. The Kier molecular flexibility index (Phi) is 8.22. The zero-order valence-electron chi connectivity index (χ0n) is 11.1. The first-order valence-corrected chi connectivity index (χ1v) is 7.27. The van der Waals surface area contributed by atoms with Crippen LogP contribution in [-0.2, 0) is 0 Å². The summed E-state index contributed by atoms with van der Waals surface area (Å²) in [4.78, 5) is 5.60. The Morgan fingerprint density at radius 3 is 0.812 bits per heavy atom. The van der Waals surface area contributed by atoms with Crippen LogP contribution in [0.3, 0.4) is 0 Å². The number of thiophene rings is 2. The molecule has 0 saturated carbocycles. The second-order valence-electron chi connectivity index (χ2n) is 3.31. The van der Waals surface area contributed by atoms with E-state index < -0.39 is 0 Å². The first kappa shape index (κ1) is 15.4. The molecule has 0 N–H and O–H groups in total. The van der Waals surface area contributed by atoms with Crippen molar-refractivity contribution >= 4 is 22.7 Å². The normalized spacial score (nSPS) is 8.62. The molecular weight excluding hydrogens is 232 g/mol. The molecule has 90 valence electrons. The second-order valence-corrected chi connectivity index (χ2v) is 6.30. The molecule has 2 heterocycles. The van der Waals surface area contributed by atoms with E-state index in [4.69, 9.17) is 0 Å². The van der Waals surface area contributed by atoms with E-state index in [0.29, 0.717) is 0 Å². The van der Waals surface area contributed by atoms with Crippen molar-refractivity contribution in [2.75, 3.05) is 0 Å². The van der Waals surface area contributed by atoms with E-state index in [0.717, 1.165) is 0 Å². The zero-order chi connectivity index (χ0) is 12.6. The molecule has 16 heavy (non-hydrogen) atoms. The third-order valence-electron chi connectivity index (χ3n) is 1.75. The van der Waals surface area contributed by atoms with Crippen LogP contribution in [0.4, 0.5) is 0 Å². The first-order valence-electron chi connectivity index (χ1n) is 5.64. The van der Waals surface area contributed by atoms with Crippen molar-refractivity contribution in [3.05, 3.63) is 43.8 Å². The fraction of sp³-hybridized carbons (Fsp3) is 0.429. The molecule has 0 atom stereocenters. The number of aryl methyl sites for hydroxylation is 4. The second kappa shape index (κ2) is 8.54. The van der Waals surface area contributed by atoms with Gasteiger partial charge < -0.3 is 0 Å². The van der Waals surface area contributed by atoms with Crippen molar-refractivity contribution in [2.24, 2.45) is 0 Å². The summed E-state index contributed by atoms with van der Waals surface area (Å²) < 4.78 is 0. The molecule has 0 aromatic carbocycles. The molecule has 0 aliphatic heterocycles. The highest BCUT2D eigenvalue weighted by Crippen LogP contribution is 2.12. The van der Waals surface area contributed by atoms with Gasteiger partial charge in [-0.05, 0) is 52.0 Å². The molecule has 0 nitrogen and oxygen atoms in total. The van der Waals surface area contributed by atoms with Gasteiger partial charge in [0.05, 0.1) is 0 Å². The summed E-state index contributed by atoms with van der Waals surface area (Å²) in [5.74, 6) is 0. The molecule has 0 spiro atoms. The zero-order valence-corrected chi connectivity index (χ0v) is 12.8. The van der Waals surface area contributed by atoms with Gasteiger partial charge in [-0.3, -0.25) is 0 Å². The summed E-state index contributed by atoms with van der Waals surface area (Å²) in [5.41, 5.74) is 0. The Morgan fingerprint density at radius 1 is 0.562 bits per heavy atom. The molecular formula is C14H22S2. The van der Waals surface area contributed by atoms with Gasteiger partial charge in [0.25, 0.3) is 0 Å². The monoisotopic (exact) mass is 254 g/mol. The van der Waals surface area contributed by atoms with Crippen molar-refractivity contribution in [3.63, 3.8) is 0 Å². The molecule has 2 heteroatoms. The Bertz CT molecular complexity index is 312. The van der Waals surface area contributed by atoms with Gasteiger partial charge in [-0.15, -0.1) is 22.7 Å². The van der Waals surface area contributed by atoms with Crippen LogP contribution in [0.2, 0.25) is 0 Å². The van der Waals surface area contributed by atoms with Gasteiger partial charge in [0.1, 0.15) is 0 Å². The van der Waals surface area contributed by atoms with Crippen LogP contribution in [0.25, 0.3) is 0 Å². The van der Waals surface area contributed by atoms with Crippen LogP contribution in [0.15, 0.2) is 24.3 Å². The highest BCUT2D eigenvalue weighted by Gasteiger charge is 1.85. The first-order chi connectivity index (χ1) is 7.58. The summed E-state index contributed by atoms with van der Waals surface area (Å²) in [6.45, 7) is 12.5. The topological polar surface area (TPSA) is 0 Å². The largest absolute Gasteiger partial charge is 0.146 e. The molecule has 0 bridgehead atoms. The SMILES string of the molecule is CC.Cc1ccc(C)s1.Cc1ccc(C)s1. The third kappa shape index (κ3) is 6.81. The minimum absolute atomic E-state index is 1.40. The lowest BCUT2D eigenvalue weighted by molar-refractivity contribution is 1.50. The summed E-state index contributed by atoms with van der Waals surface area (Å²) >= 11 is 3.69. The van der Waals surface area contributed by atoms with Crippen LogP contribution >= 0.6 is 22.7 Å². The lowest BCUT2D eigenvalue weighted by Crippen LogP contribution is -1.44. The molecule has 2 aromatic heterocycles. The molecule has 0 amide bonds. The van der Waals surface area contributed by atoms with E-state index in [2.05, 4.69) is 52.0 Å². The molecule has 0 radical (unpaired) electrons. The van der Waals surface area contributed by atoms with Crippen LogP contribution in [0.1, 0.15) is 33.4 Å². The summed E-state index contributed by atoms with van der Waals surface area (Å²) in [7, 11) is 0. The van der Waals surface area contributed by atoms with E-state index in [1.165, 1.54) is 19.5 Å². The van der Waals surface area contributed by atoms with Gasteiger partial charge in [-0.1, -0.05) is 13.8 Å². The van der Waals surface area contributed by atoms with E-state index in [1.807, 2.05) is 36.5 Å². The average Bonchev–Trinajstić information content (AvgIpc) is 2.80. The van der Waals surface area contributed by atoms with Crippen LogP contribution < -0.4 is 0 Å². The Labute approximate surface area is 108 Å². The van der Waals surface area contributed by atoms with Gasteiger partial charge in [0.2, 0.25) is 0 Å². The molecule has 0 saturated heterocycles. The fourth-order valence-corrected chi connectivity index (χ4v) is 2.67. The van der Waals surface area contributed by atoms with Crippen molar-refractivity contribution in [1.29, 1.82) is 0 Å². The van der Waals surface area contributed by atoms with Crippen LogP contribution in [-0.4, -0.2) is 0 Å². The minimum atomic E-state index is 1.40. The van der Waals surface area contributed by atoms with Gasteiger partial charge in [-0.25, -0.2) is 0 Å². The summed E-state index contributed by atoms with van der Waals surface area (Å²) in [5, 5.41) is 0. The Hall–Kier alpha value is -0.600. The van der Waals surface area contributed by atoms with Crippen molar-refractivity contribution in [2.45, 2.75) is 41.5 Å². The van der Waals surface area contributed by atoms with E-state index >= 15 is 0 Å². The lowest BCUT2D eigenvalue weighted by atomic mass is 10.5. The Morgan fingerprint density at radius 2 is 0.750 bits per heavy atom. The van der Waals surface area contributed by atoms with Crippen LogP contribution in [0.5, 0.6) is 0 Å². The van der Waals surface area contributed by atoms with E-state index in [-0.39, 0.29) is 0 Å². The quantitative estimate of drug-likeness (QED) is 0.561. The predicted octanol–water partition coefficient (Wildman–Crippen LogP) is 5.76. The number of hydrogen-bond donors (Lipinski definition) is 0. The summed E-state index contributed by atoms with van der Waals surface area (Å²) in [6, 6.07) is 8.56. The lowest BCUT2D eigenvalue weighted by Gasteiger charge is -1.71. The van der Waals surface area contributed by atoms with Gasteiger partial charge in [0, 0.05) is 19.5 Å². The molecule has 2 aromatic rings. The van der Waals surface area contributed by atoms with Gasteiger partial charge in [-0.2, -0.15) is 0 Å². The molecule has 0 aliphatic rings. The standard InChI is InChI=1S/2C6H8S.C2H6/c2*1-5-3-4-6(2)7-5;1-2/h2*3-4H,1-2H3;1-2H3. The predicted molar refractivity (Wildman–Crippen MR) is 78.9 cm³/mol. The average molecular weight is 254 g/mol. The maximum atomic E-state index is 2.14. The minimum Gasteiger partial charge on any atom is -0.146 e. The highest BCUT2D eigenvalue weighted by molar-refractivity contribution is 7.12. The van der Waals surface area contributed by atoms with E-state index in [1.54, 1.807) is 0 Å². The van der Waals surface area contributed by atoms with Crippen molar-refractivity contribution in [3.8, 4) is 0 Å². The maximum absolute atomic E-state index is 2.14. The summed E-state index contributed by atoms with van der Waals surface area (Å²) in [6.07, 6.45) is 0. The van der Waals surface area contributed by atoms with Crippen molar-refractivity contribution < 1.29 is 0 Å². The number of hydrogen-bond acceptors (Lipinski definition) is 2. The smallest absolute Gasteiger partial charge is 0.00170 e. The third-order valence-corrected chi connectivity index (χ3v) is 3.58. The van der Waals surface area contributed by atoms with Crippen molar-refractivity contribution in [1.82, 2.24) is 0 Å². The number of rotatable bonds is 0. The molecule has 2 rings (SSSR count). The van der Waals surface area contributed by atoms with Gasteiger partial charge in [0.15, 0.2) is 0 Å². The highest BCUT2D eigenvalue weighted by atomic mass is 32.1. The molecule has 0 fully saturated rings.